The van der Waals surface area contributed by atoms with Gasteiger partial charge in [-0.3, -0.25) is 4.79 Å². The van der Waals surface area contributed by atoms with Crippen LogP contribution in [-0.2, 0) is 11.8 Å². The van der Waals surface area contributed by atoms with E-state index in [0.29, 0.717) is 29.2 Å². The van der Waals surface area contributed by atoms with Gasteiger partial charge in [-0.1, -0.05) is 41.9 Å². The second kappa shape index (κ2) is 6.56. The van der Waals surface area contributed by atoms with E-state index in [-0.39, 0.29) is 16.9 Å². The highest BCUT2D eigenvalue weighted by molar-refractivity contribution is 9.10. The summed E-state index contributed by atoms with van der Waals surface area (Å²) < 4.78 is 18.9. The van der Waals surface area contributed by atoms with Crippen molar-refractivity contribution in [2.45, 2.75) is 32.6 Å². The minimum Gasteiger partial charge on any atom is -0.352 e. The number of nitrogens with one attached hydrogen (secondary N) is 1. The Labute approximate surface area is 136 Å². The molecule has 2 aromatic rings. The van der Waals surface area contributed by atoms with Crippen LogP contribution in [0.25, 0.3) is 0 Å². The Bertz CT molecular complexity index is 659. The standard InChI is InChI=1S/C15H17BrFN3O2/c1-15(2,3)14-19-12(20-22-14)4-5-18-13(21)9-6-10(16)8-11(17)7-9/h6-8H,4-5H2,1-3H3,(H,18,21). The maximum absolute atomic E-state index is 13.2. The third-order valence-corrected chi connectivity index (χ3v) is 3.33. The lowest BCUT2D eigenvalue weighted by Gasteiger charge is -2.10. The molecule has 0 radical (unpaired) electrons. The summed E-state index contributed by atoms with van der Waals surface area (Å²) in [6.45, 7) is 6.28. The highest BCUT2D eigenvalue weighted by Gasteiger charge is 2.21. The molecule has 0 aliphatic rings. The molecule has 0 aliphatic carbocycles. The number of rotatable bonds is 4. The Morgan fingerprint density at radius 1 is 1.36 bits per heavy atom. The number of hydrogen-bond donors (Lipinski definition) is 1. The first-order valence-corrected chi connectivity index (χ1v) is 7.62. The van der Waals surface area contributed by atoms with Gasteiger partial charge in [0.1, 0.15) is 5.82 Å². The molecule has 7 heteroatoms. The van der Waals surface area contributed by atoms with Crippen LogP contribution in [0.3, 0.4) is 0 Å². The molecule has 0 spiro atoms. The van der Waals surface area contributed by atoms with Crippen LogP contribution in [-0.4, -0.2) is 22.6 Å². The fourth-order valence-electron chi connectivity index (χ4n) is 1.73. The van der Waals surface area contributed by atoms with Crippen LogP contribution in [0.2, 0.25) is 0 Å². The number of amides is 1. The van der Waals surface area contributed by atoms with Gasteiger partial charge in [0.25, 0.3) is 5.91 Å². The van der Waals surface area contributed by atoms with Gasteiger partial charge in [-0.25, -0.2) is 4.39 Å². The van der Waals surface area contributed by atoms with Gasteiger partial charge in [0.15, 0.2) is 5.82 Å². The fraction of sp³-hybridized carbons (Fsp3) is 0.400. The average molecular weight is 370 g/mol. The Balaban J connectivity index is 1.90. The fourth-order valence-corrected chi connectivity index (χ4v) is 2.20. The first-order chi connectivity index (χ1) is 10.3. The molecule has 2 rings (SSSR count). The molecule has 0 saturated carbocycles. The summed E-state index contributed by atoms with van der Waals surface area (Å²) in [6, 6.07) is 4.04. The molecule has 1 amide bonds. The third-order valence-electron chi connectivity index (χ3n) is 2.87. The molecular formula is C15H17BrFN3O2. The summed E-state index contributed by atoms with van der Waals surface area (Å²) in [5.74, 6) is 0.279. The van der Waals surface area contributed by atoms with Gasteiger partial charge < -0.3 is 9.84 Å². The summed E-state index contributed by atoms with van der Waals surface area (Å²) in [7, 11) is 0. The first-order valence-electron chi connectivity index (χ1n) is 6.83. The highest BCUT2D eigenvalue weighted by Crippen LogP contribution is 2.19. The van der Waals surface area contributed by atoms with Crippen molar-refractivity contribution in [1.82, 2.24) is 15.5 Å². The number of halogens is 2. The molecule has 22 heavy (non-hydrogen) atoms. The predicted octanol–water partition coefficient (Wildman–Crippen LogP) is 3.24. The molecule has 0 fully saturated rings. The van der Waals surface area contributed by atoms with Crippen molar-refractivity contribution in [2.75, 3.05) is 6.54 Å². The molecule has 0 unspecified atom stereocenters. The Hall–Kier alpha value is -1.76. The molecule has 0 atom stereocenters. The topological polar surface area (TPSA) is 68.0 Å². The van der Waals surface area contributed by atoms with E-state index < -0.39 is 5.82 Å². The molecule has 0 saturated heterocycles. The van der Waals surface area contributed by atoms with Crippen LogP contribution >= 0.6 is 15.9 Å². The molecule has 0 aliphatic heterocycles. The van der Waals surface area contributed by atoms with Crippen molar-refractivity contribution >= 4 is 21.8 Å². The van der Waals surface area contributed by atoms with Gasteiger partial charge >= 0.3 is 0 Å². The van der Waals surface area contributed by atoms with Crippen molar-refractivity contribution in [3.05, 3.63) is 45.8 Å². The molecule has 1 aromatic carbocycles. The summed E-state index contributed by atoms with van der Waals surface area (Å²) in [6.07, 6.45) is 0.446. The zero-order chi connectivity index (χ0) is 16.3. The second-order valence-electron chi connectivity index (χ2n) is 5.93. The number of aromatic nitrogens is 2. The van der Waals surface area contributed by atoms with Crippen molar-refractivity contribution in [3.8, 4) is 0 Å². The number of nitrogens with zero attached hydrogens (tertiary/aromatic N) is 2. The van der Waals surface area contributed by atoms with Gasteiger partial charge in [-0.15, -0.1) is 0 Å². The Morgan fingerprint density at radius 2 is 2.09 bits per heavy atom. The van der Waals surface area contributed by atoms with Crippen molar-refractivity contribution in [3.63, 3.8) is 0 Å². The maximum atomic E-state index is 13.2. The summed E-state index contributed by atoms with van der Waals surface area (Å²) in [5, 5.41) is 6.58. The van der Waals surface area contributed by atoms with E-state index in [1.165, 1.54) is 12.1 Å². The summed E-state index contributed by atoms with van der Waals surface area (Å²) in [5.41, 5.74) is 0.0536. The van der Waals surface area contributed by atoms with E-state index in [1.807, 2.05) is 20.8 Å². The van der Waals surface area contributed by atoms with Crippen LogP contribution in [0.5, 0.6) is 0 Å². The Morgan fingerprint density at radius 3 is 2.68 bits per heavy atom. The third kappa shape index (κ3) is 4.37. The van der Waals surface area contributed by atoms with Crippen molar-refractivity contribution < 1.29 is 13.7 Å². The highest BCUT2D eigenvalue weighted by atomic mass is 79.9. The van der Waals surface area contributed by atoms with Gasteiger partial charge in [0, 0.05) is 28.4 Å². The second-order valence-corrected chi connectivity index (χ2v) is 6.85. The number of carbonyl (C=O) groups excluding carboxylic acids is 1. The number of carbonyl (C=O) groups is 1. The Kier molecular flexibility index (Phi) is 4.95. The SMILES string of the molecule is CC(C)(C)c1nc(CCNC(=O)c2cc(F)cc(Br)c2)no1. The van der Waals surface area contributed by atoms with Crippen molar-refractivity contribution in [2.24, 2.45) is 0 Å². The molecule has 5 nitrogen and oxygen atoms in total. The maximum Gasteiger partial charge on any atom is 0.251 e. The van der Waals surface area contributed by atoms with Crippen LogP contribution in [0, 0.1) is 5.82 Å². The minimum atomic E-state index is -0.465. The van der Waals surface area contributed by atoms with Crippen molar-refractivity contribution in [1.29, 1.82) is 0 Å². The van der Waals surface area contributed by atoms with E-state index in [9.17, 15) is 9.18 Å². The molecule has 0 bridgehead atoms. The van der Waals surface area contributed by atoms with Crippen LogP contribution in [0.4, 0.5) is 4.39 Å². The van der Waals surface area contributed by atoms with E-state index in [0.717, 1.165) is 0 Å². The predicted molar refractivity (Wildman–Crippen MR) is 83.1 cm³/mol. The van der Waals surface area contributed by atoms with E-state index in [2.05, 4.69) is 31.4 Å². The lowest BCUT2D eigenvalue weighted by Crippen LogP contribution is -2.26. The molecule has 118 valence electrons. The van der Waals surface area contributed by atoms with Gasteiger partial charge in [-0.05, 0) is 18.2 Å². The van der Waals surface area contributed by atoms with Crippen LogP contribution in [0.1, 0.15) is 42.8 Å². The van der Waals surface area contributed by atoms with Crippen LogP contribution < -0.4 is 5.32 Å². The monoisotopic (exact) mass is 369 g/mol. The number of hydrogen-bond acceptors (Lipinski definition) is 4. The quantitative estimate of drug-likeness (QED) is 0.897. The average Bonchev–Trinajstić information content (AvgIpc) is 2.86. The summed E-state index contributed by atoms with van der Waals surface area (Å²) in [4.78, 5) is 16.2. The normalized spacial score (nSPS) is 11.5. The summed E-state index contributed by atoms with van der Waals surface area (Å²) >= 11 is 3.16. The van der Waals surface area contributed by atoms with Gasteiger partial charge in [0.2, 0.25) is 5.89 Å². The lowest BCUT2D eigenvalue weighted by molar-refractivity contribution is 0.0953. The number of benzene rings is 1. The molecule has 1 heterocycles. The zero-order valence-corrected chi connectivity index (χ0v) is 14.2. The molecule has 1 N–H and O–H groups in total. The smallest absolute Gasteiger partial charge is 0.251 e. The van der Waals surface area contributed by atoms with Gasteiger partial charge in [0.05, 0.1) is 0 Å². The van der Waals surface area contributed by atoms with E-state index in [4.69, 9.17) is 4.52 Å². The largest absolute Gasteiger partial charge is 0.352 e. The lowest BCUT2D eigenvalue weighted by atomic mass is 9.97. The molecule has 1 aromatic heterocycles. The van der Waals surface area contributed by atoms with E-state index in [1.54, 1.807) is 6.07 Å². The minimum absolute atomic E-state index is 0.206. The molecular weight excluding hydrogens is 353 g/mol. The van der Waals surface area contributed by atoms with Gasteiger partial charge in [-0.2, -0.15) is 4.98 Å². The zero-order valence-electron chi connectivity index (χ0n) is 12.6. The van der Waals surface area contributed by atoms with E-state index >= 15 is 0 Å². The first kappa shape index (κ1) is 16.6. The van der Waals surface area contributed by atoms with Crippen LogP contribution in [0.15, 0.2) is 27.2 Å².